The van der Waals surface area contributed by atoms with Crippen molar-refractivity contribution in [2.45, 2.75) is 31.0 Å². The average Bonchev–Trinajstić information content (AvgIpc) is 3.20. The minimum atomic E-state index is -4.68. The molecule has 38 heavy (non-hydrogen) atoms. The van der Waals surface area contributed by atoms with Crippen LogP contribution in [0.25, 0.3) is 22.4 Å². The van der Waals surface area contributed by atoms with Crippen LogP contribution in [0.1, 0.15) is 17.8 Å². The van der Waals surface area contributed by atoms with E-state index in [2.05, 4.69) is 27.6 Å². The summed E-state index contributed by atoms with van der Waals surface area (Å²) in [6, 6.07) is 6.07. The van der Waals surface area contributed by atoms with Crippen LogP contribution in [0.15, 0.2) is 36.9 Å². The first-order valence-electron chi connectivity index (χ1n) is 12.4. The smallest absolute Gasteiger partial charge is 0.379 e. The lowest BCUT2D eigenvalue weighted by Crippen LogP contribution is -2.46. The van der Waals surface area contributed by atoms with E-state index in [-0.39, 0.29) is 35.8 Å². The lowest BCUT2D eigenvalue weighted by molar-refractivity contribution is -0.124. The minimum Gasteiger partial charge on any atom is -0.379 e. The Morgan fingerprint density at radius 1 is 1.29 bits per heavy atom. The summed E-state index contributed by atoms with van der Waals surface area (Å²) in [6.07, 6.45) is -2.60. The number of allylic oxidation sites excluding steroid dienone is 1. The normalized spacial score (nSPS) is 25.2. The van der Waals surface area contributed by atoms with E-state index in [1.807, 2.05) is 11.9 Å². The molecule has 0 bridgehead atoms. The van der Waals surface area contributed by atoms with E-state index in [1.54, 1.807) is 42.4 Å². The third-order valence-electron chi connectivity index (χ3n) is 6.90. The van der Waals surface area contributed by atoms with E-state index >= 15 is 0 Å². The maximum Gasteiger partial charge on any atom is 0.417 e. The molecule has 0 spiro atoms. The summed E-state index contributed by atoms with van der Waals surface area (Å²) < 4.78 is 55.7. The Morgan fingerprint density at radius 3 is 2.71 bits per heavy atom. The highest BCUT2D eigenvalue weighted by molar-refractivity contribution is 6.00. The number of aromatic nitrogens is 1. The molecule has 0 radical (unpaired) electrons. The minimum absolute atomic E-state index is 0.139. The standard InChI is InChI=1S/C26H33F4N7O/c1-15(26(28,29)30)23-17-7-4-8-21(34-22-9-11-36(2)14-20(22)27)18(17)12-16(33-23)6-5-10-32-25(38)19-13-37(3)35-24(19)31/h4-8,12,19-20,22,24,34-35H,1,9-11,13-14,31H2,2-3H3,(H,32,38)/b6-5+/t19?,20-,22+,24?/m0/s1. The third-order valence-corrected chi connectivity index (χ3v) is 6.90. The Labute approximate surface area is 218 Å². The molecule has 2 saturated heterocycles. The number of anilines is 1. The van der Waals surface area contributed by atoms with Crippen LogP contribution in [0.5, 0.6) is 0 Å². The molecule has 1 aromatic carbocycles. The molecule has 0 saturated carbocycles. The van der Waals surface area contributed by atoms with Crippen molar-refractivity contribution in [2.75, 3.05) is 45.6 Å². The van der Waals surface area contributed by atoms with E-state index in [4.69, 9.17) is 5.73 Å². The molecule has 2 fully saturated rings. The number of rotatable bonds is 7. The van der Waals surface area contributed by atoms with Crippen molar-refractivity contribution in [1.29, 1.82) is 0 Å². The number of carbonyl (C=O) groups excluding carboxylic acids is 1. The Morgan fingerprint density at radius 2 is 2.05 bits per heavy atom. The first-order chi connectivity index (χ1) is 17.9. The van der Waals surface area contributed by atoms with Crippen molar-refractivity contribution in [3.05, 3.63) is 48.3 Å². The number of piperidine rings is 1. The topological polar surface area (TPSA) is 98.5 Å². The molecule has 4 rings (SSSR count). The van der Waals surface area contributed by atoms with Gasteiger partial charge in [0.15, 0.2) is 0 Å². The summed E-state index contributed by atoms with van der Waals surface area (Å²) in [5.74, 6) is -0.663. The molecule has 206 valence electrons. The molecule has 2 unspecified atom stereocenters. The number of nitrogens with zero attached hydrogens (tertiary/aromatic N) is 3. The number of halogens is 4. The quantitative estimate of drug-likeness (QED) is 0.405. The van der Waals surface area contributed by atoms with Gasteiger partial charge in [-0.15, -0.1) is 0 Å². The molecule has 4 atom stereocenters. The lowest BCUT2D eigenvalue weighted by Gasteiger charge is -2.33. The highest BCUT2D eigenvalue weighted by Crippen LogP contribution is 2.37. The van der Waals surface area contributed by atoms with Crippen LogP contribution in [-0.2, 0) is 4.79 Å². The number of likely N-dealkylation sites (tertiary alicyclic amines) is 1. The summed E-state index contributed by atoms with van der Waals surface area (Å²) in [4.78, 5) is 18.6. The van der Waals surface area contributed by atoms with E-state index in [9.17, 15) is 22.4 Å². The molecule has 0 aliphatic carbocycles. The summed E-state index contributed by atoms with van der Waals surface area (Å²) in [5.41, 5.74) is 8.26. The van der Waals surface area contributed by atoms with E-state index < -0.39 is 36.0 Å². The summed E-state index contributed by atoms with van der Waals surface area (Å²) in [6.45, 7) is 4.83. The van der Waals surface area contributed by atoms with Crippen molar-refractivity contribution in [1.82, 2.24) is 25.6 Å². The van der Waals surface area contributed by atoms with Gasteiger partial charge in [0.25, 0.3) is 0 Å². The van der Waals surface area contributed by atoms with Gasteiger partial charge in [0.1, 0.15) is 6.17 Å². The second kappa shape index (κ2) is 11.4. The first kappa shape index (κ1) is 28.0. The van der Waals surface area contributed by atoms with Crippen molar-refractivity contribution >= 4 is 34.0 Å². The monoisotopic (exact) mass is 535 g/mol. The van der Waals surface area contributed by atoms with Gasteiger partial charge in [-0.3, -0.25) is 4.79 Å². The number of amides is 1. The molecule has 12 heteroatoms. The number of pyridine rings is 1. The second-order valence-corrected chi connectivity index (χ2v) is 9.88. The van der Waals surface area contributed by atoms with Gasteiger partial charge in [-0.25, -0.2) is 19.8 Å². The number of benzene rings is 1. The van der Waals surface area contributed by atoms with E-state index in [1.165, 1.54) is 6.08 Å². The summed E-state index contributed by atoms with van der Waals surface area (Å²) >= 11 is 0. The number of hydrogen-bond donors (Lipinski definition) is 4. The Hall–Kier alpha value is -3.06. The van der Waals surface area contributed by atoms with Gasteiger partial charge < -0.3 is 21.3 Å². The number of nitrogens with one attached hydrogen (secondary N) is 3. The molecule has 5 N–H and O–H groups in total. The molecule has 2 aliphatic heterocycles. The van der Waals surface area contributed by atoms with Crippen molar-refractivity contribution < 1.29 is 22.4 Å². The third kappa shape index (κ3) is 6.32. The van der Waals surface area contributed by atoms with Gasteiger partial charge in [0.05, 0.1) is 35.1 Å². The Balaban J connectivity index is 1.60. The zero-order valence-electron chi connectivity index (χ0n) is 21.4. The molecule has 1 aromatic heterocycles. The zero-order chi connectivity index (χ0) is 27.6. The molecule has 2 aromatic rings. The first-order valence-corrected chi connectivity index (χ1v) is 12.4. The number of carbonyl (C=O) groups is 1. The Bertz CT molecular complexity index is 1220. The average molecular weight is 536 g/mol. The number of nitrogens with two attached hydrogens (primary N) is 1. The molecule has 1 amide bonds. The van der Waals surface area contributed by atoms with Gasteiger partial charge in [-0.05, 0) is 31.7 Å². The zero-order valence-corrected chi connectivity index (χ0v) is 21.4. The maximum atomic E-state index is 14.7. The number of alkyl halides is 4. The van der Waals surface area contributed by atoms with E-state index in [0.717, 1.165) is 0 Å². The van der Waals surface area contributed by atoms with Crippen LogP contribution < -0.4 is 21.8 Å². The second-order valence-electron chi connectivity index (χ2n) is 9.88. The molecule has 2 aliphatic rings. The van der Waals surface area contributed by atoms with Crippen LogP contribution in [0.3, 0.4) is 0 Å². The van der Waals surface area contributed by atoms with Gasteiger partial charge >= 0.3 is 6.18 Å². The predicted octanol–water partition coefficient (Wildman–Crippen LogP) is 2.74. The van der Waals surface area contributed by atoms with Crippen LogP contribution >= 0.6 is 0 Å². The fourth-order valence-corrected chi connectivity index (χ4v) is 4.81. The van der Waals surface area contributed by atoms with Gasteiger partial charge in [0.2, 0.25) is 5.91 Å². The van der Waals surface area contributed by atoms with Gasteiger partial charge in [0, 0.05) is 49.7 Å². The molecular weight excluding hydrogens is 502 g/mol. The lowest BCUT2D eigenvalue weighted by atomic mass is 9.99. The molecule has 3 heterocycles. The number of hydrogen-bond acceptors (Lipinski definition) is 7. The van der Waals surface area contributed by atoms with Crippen molar-refractivity contribution in [2.24, 2.45) is 11.7 Å². The maximum absolute atomic E-state index is 14.7. The molecular formula is C26H33F4N7O. The predicted molar refractivity (Wildman–Crippen MR) is 141 cm³/mol. The highest BCUT2D eigenvalue weighted by Gasteiger charge is 2.36. The largest absolute Gasteiger partial charge is 0.417 e. The molecule has 8 nitrogen and oxygen atoms in total. The van der Waals surface area contributed by atoms with E-state index in [0.29, 0.717) is 30.6 Å². The Kier molecular flexibility index (Phi) is 8.36. The summed E-state index contributed by atoms with van der Waals surface area (Å²) in [7, 11) is 3.63. The van der Waals surface area contributed by atoms with Gasteiger partial charge in [-0.2, -0.15) is 13.2 Å². The number of hydrazine groups is 1. The van der Waals surface area contributed by atoms with Crippen LogP contribution in [0, 0.1) is 5.92 Å². The fraction of sp³-hybridized carbons (Fsp3) is 0.462. The highest BCUT2D eigenvalue weighted by atomic mass is 19.4. The van der Waals surface area contributed by atoms with Crippen LogP contribution in [-0.4, -0.2) is 85.6 Å². The SMILES string of the molecule is C=C(c1nc(/C=C/CNC(=O)C2CN(C)NC2N)cc2c(N[C@@H]3CCN(C)C[C@@H]3F)cccc12)C(F)(F)F. The van der Waals surface area contributed by atoms with Crippen molar-refractivity contribution in [3.63, 3.8) is 0 Å². The van der Waals surface area contributed by atoms with Gasteiger partial charge in [-0.1, -0.05) is 24.8 Å². The van der Waals surface area contributed by atoms with Crippen molar-refractivity contribution in [3.8, 4) is 0 Å². The van der Waals surface area contributed by atoms with Crippen LogP contribution in [0.2, 0.25) is 0 Å². The fourth-order valence-electron chi connectivity index (χ4n) is 4.81. The summed E-state index contributed by atoms with van der Waals surface area (Å²) in [5, 5.41) is 8.44. The van der Waals surface area contributed by atoms with Crippen LogP contribution in [0.4, 0.5) is 23.2 Å². The number of fused-ring (bicyclic) bond motifs is 1.